The van der Waals surface area contributed by atoms with Gasteiger partial charge < -0.3 is 5.11 Å². The molecule has 0 amide bonds. The van der Waals surface area contributed by atoms with Crippen LogP contribution in [0.5, 0.6) is 0 Å². The van der Waals surface area contributed by atoms with Crippen molar-refractivity contribution in [2.45, 2.75) is 6.54 Å². The van der Waals surface area contributed by atoms with E-state index in [1.165, 1.54) is 0 Å². The SMILES string of the molecule is O=c1cc(Cl)[nH]c(=O)n1CC#CCO. The number of hydrogen-bond donors (Lipinski definition) is 2. The number of aliphatic hydroxyl groups excluding tert-OH is 1. The molecular weight excluding hydrogens is 208 g/mol. The van der Waals surface area contributed by atoms with Gasteiger partial charge >= 0.3 is 5.69 Å². The Hall–Kier alpha value is -1.51. The summed E-state index contributed by atoms with van der Waals surface area (Å²) in [6, 6.07) is 1.09. The minimum atomic E-state index is -0.616. The van der Waals surface area contributed by atoms with Crippen LogP contribution < -0.4 is 11.2 Å². The molecule has 0 aliphatic carbocycles. The van der Waals surface area contributed by atoms with Crippen LogP contribution in [0.25, 0.3) is 0 Å². The first kappa shape index (κ1) is 10.6. The number of halogens is 1. The molecule has 2 N–H and O–H groups in total. The Morgan fingerprint density at radius 3 is 2.79 bits per heavy atom. The average molecular weight is 215 g/mol. The highest BCUT2D eigenvalue weighted by atomic mass is 35.5. The maximum absolute atomic E-state index is 11.2. The highest BCUT2D eigenvalue weighted by Crippen LogP contribution is 1.92. The highest BCUT2D eigenvalue weighted by molar-refractivity contribution is 6.29. The van der Waals surface area contributed by atoms with E-state index in [4.69, 9.17) is 16.7 Å². The second-order valence-corrected chi connectivity index (χ2v) is 2.77. The van der Waals surface area contributed by atoms with Crippen LogP contribution in [0.2, 0.25) is 5.15 Å². The molecule has 5 nitrogen and oxygen atoms in total. The molecule has 0 aliphatic heterocycles. The smallest absolute Gasteiger partial charge is 0.330 e. The summed E-state index contributed by atoms with van der Waals surface area (Å²) in [5.74, 6) is 4.78. The fourth-order valence-corrected chi connectivity index (χ4v) is 1.01. The number of rotatable bonds is 1. The van der Waals surface area contributed by atoms with Crippen molar-refractivity contribution in [1.29, 1.82) is 0 Å². The highest BCUT2D eigenvalue weighted by Gasteiger charge is 2.00. The van der Waals surface area contributed by atoms with Crippen LogP contribution in [0.15, 0.2) is 15.7 Å². The van der Waals surface area contributed by atoms with Crippen molar-refractivity contribution in [3.05, 3.63) is 32.1 Å². The van der Waals surface area contributed by atoms with Crippen LogP contribution >= 0.6 is 11.6 Å². The van der Waals surface area contributed by atoms with Gasteiger partial charge in [0.15, 0.2) is 0 Å². The van der Waals surface area contributed by atoms with Crippen LogP contribution in [0.3, 0.4) is 0 Å². The predicted molar refractivity (Wildman–Crippen MR) is 51.2 cm³/mol. The van der Waals surface area contributed by atoms with E-state index >= 15 is 0 Å². The third-order valence-electron chi connectivity index (χ3n) is 1.43. The van der Waals surface area contributed by atoms with Gasteiger partial charge in [-0.2, -0.15) is 0 Å². The lowest BCUT2D eigenvalue weighted by molar-refractivity contribution is 0.350. The Bertz CT molecular complexity index is 461. The molecule has 0 bridgehead atoms. The van der Waals surface area contributed by atoms with Crippen molar-refractivity contribution in [3.63, 3.8) is 0 Å². The molecule has 0 aliphatic rings. The molecule has 0 fully saturated rings. The van der Waals surface area contributed by atoms with Gasteiger partial charge in [0.05, 0.1) is 6.54 Å². The van der Waals surface area contributed by atoms with E-state index in [0.29, 0.717) is 0 Å². The van der Waals surface area contributed by atoms with Gasteiger partial charge in [0.25, 0.3) is 5.56 Å². The third kappa shape index (κ3) is 2.49. The van der Waals surface area contributed by atoms with Gasteiger partial charge in [0, 0.05) is 6.07 Å². The molecule has 0 radical (unpaired) electrons. The van der Waals surface area contributed by atoms with E-state index in [1.807, 2.05) is 0 Å². The van der Waals surface area contributed by atoms with Gasteiger partial charge in [-0.3, -0.25) is 9.78 Å². The first-order valence-electron chi connectivity index (χ1n) is 3.71. The Balaban J connectivity index is 3.10. The van der Waals surface area contributed by atoms with E-state index in [0.717, 1.165) is 10.6 Å². The van der Waals surface area contributed by atoms with Crippen molar-refractivity contribution in [2.75, 3.05) is 6.61 Å². The minimum Gasteiger partial charge on any atom is -0.384 e. The lowest BCUT2D eigenvalue weighted by Crippen LogP contribution is -2.34. The van der Waals surface area contributed by atoms with E-state index in [1.54, 1.807) is 0 Å². The largest absolute Gasteiger partial charge is 0.384 e. The molecule has 6 heteroatoms. The van der Waals surface area contributed by atoms with Crippen molar-refractivity contribution in [3.8, 4) is 11.8 Å². The Morgan fingerprint density at radius 2 is 2.21 bits per heavy atom. The van der Waals surface area contributed by atoms with Crippen LogP contribution in [0.1, 0.15) is 0 Å². The van der Waals surface area contributed by atoms with Crippen LogP contribution in [-0.2, 0) is 6.54 Å². The topological polar surface area (TPSA) is 75.1 Å². The normalized spacial score (nSPS) is 9.29. The molecule has 1 rings (SSSR count). The van der Waals surface area contributed by atoms with Crippen molar-refractivity contribution < 1.29 is 5.11 Å². The molecule has 1 heterocycles. The zero-order chi connectivity index (χ0) is 10.6. The number of aliphatic hydroxyl groups is 1. The standard InChI is InChI=1S/C8H7ClN2O3/c9-6-5-7(13)11(8(14)10-6)3-1-2-4-12/h5,12H,3-4H2,(H,10,14). The van der Waals surface area contributed by atoms with E-state index in [-0.39, 0.29) is 18.3 Å². The van der Waals surface area contributed by atoms with Gasteiger partial charge in [0.1, 0.15) is 11.8 Å². The molecule has 0 spiro atoms. The van der Waals surface area contributed by atoms with E-state index < -0.39 is 11.2 Å². The summed E-state index contributed by atoms with van der Waals surface area (Å²) >= 11 is 5.44. The zero-order valence-corrected chi connectivity index (χ0v) is 7.84. The molecule has 0 aromatic carbocycles. The lowest BCUT2D eigenvalue weighted by atomic mass is 10.5. The second kappa shape index (κ2) is 4.65. The summed E-state index contributed by atoms with van der Waals surface area (Å²) in [5, 5.41) is 8.35. The van der Waals surface area contributed by atoms with Gasteiger partial charge in [-0.25, -0.2) is 9.36 Å². The molecule has 14 heavy (non-hydrogen) atoms. The fraction of sp³-hybridized carbons (Fsp3) is 0.250. The van der Waals surface area contributed by atoms with Crippen molar-refractivity contribution in [2.24, 2.45) is 0 Å². The fourth-order valence-electron chi connectivity index (χ4n) is 0.833. The van der Waals surface area contributed by atoms with E-state index in [9.17, 15) is 9.59 Å². The quantitative estimate of drug-likeness (QED) is 0.474. The summed E-state index contributed by atoms with van der Waals surface area (Å²) in [6.07, 6.45) is 0. The molecular formula is C8H7ClN2O3. The van der Waals surface area contributed by atoms with Gasteiger partial charge in [-0.05, 0) is 0 Å². The molecule has 0 saturated carbocycles. The van der Waals surface area contributed by atoms with Crippen LogP contribution in [0, 0.1) is 11.8 Å². The Labute approximate surface area is 84.0 Å². The van der Waals surface area contributed by atoms with Crippen LogP contribution in [-0.4, -0.2) is 21.3 Å². The third-order valence-corrected chi connectivity index (χ3v) is 1.63. The number of hydrogen-bond acceptors (Lipinski definition) is 3. The van der Waals surface area contributed by atoms with Gasteiger partial charge in [0.2, 0.25) is 0 Å². The van der Waals surface area contributed by atoms with E-state index in [2.05, 4.69) is 16.8 Å². The molecule has 1 aromatic heterocycles. The predicted octanol–water partition coefficient (Wildman–Crippen LogP) is -0.814. The number of nitrogens with zero attached hydrogens (tertiary/aromatic N) is 1. The minimum absolute atomic E-state index is 0.00799. The number of aromatic nitrogens is 2. The molecule has 1 aromatic rings. The summed E-state index contributed by atoms with van der Waals surface area (Å²) in [6.45, 7) is -0.369. The van der Waals surface area contributed by atoms with Gasteiger partial charge in [-0.15, -0.1) is 0 Å². The number of aromatic amines is 1. The number of nitrogens with one attached hydrogen (secondary N) is 1. The molecule has 0 atom stereocenters. The van der Waals surface area contributed by atoms with Crippen molar-refractivity contribution in [1.82, 2.24) is 9.55 Å². The molecule has 74 valence electrons. The van der Waals surface area contributed by atoms with Crippen molar-refractivity contribution >= 4 is 11.6 Å². The molecule has 0 saturated heterocycles. The van der Waals surface area contributed by atoms with Crippen LogP contribution in [0.4, 0.5) is 0 Å². The summed E-state index contributed by atoms with van der Waals surface area (Å²) in [5.41, 5.74) is -1.14. The summed E-state index contributed by atoms with van der Waals surface area (Å²) in [4.78, 5) is 24.6. The Kier molecular flexibility index (Phi) is 3.51. The maximum atomic E-state index is 11.2. The average Bonchev–Trinajstić information content (AvgIpc) is 2.09. The monoisotopic (exact) mass is 214 g/mol. The summed E-state index contributed by atoms with van der Waals surface area (Å²) in [7, 11) is 0. The maximum Gasteiger partial charge on any atom is 0.330 e. The zero-order valence-electron chi connectivity index (χ0n) is 7.08. The summed E-state index contributed by atoms with van der Waals surface area (Å²) < 4.78 is 0.883. The first-order valence-corrected chi connectivity index (χ1v) is 4.09. The Morgan fingerprint density at radius 1 is 1.50 bits per heavy atom. The first-order chi connectivity index (χ1) is 6.65. The number of H-pyrrole nitrogens is 1. The second-order valence-electron chi connectivity index (χ2n) is 2.36. The van der Waals surface area contributed by atoms with Gasteiger partial charge in [-0.1, -0.05) is 23.4 Å². The lowest BCUT2D eigenvalue weighted by Gasteiger charge is -1.97. The molecule has 0 unspecified atom stereocenters.